The van der Waals surface area contributed by atoms with E-state index in [0.717, 1.165) is 21.6 Å². The highest BCUT2D eigenvalue weighted by Crippen LogP contribution is 2.30. The van der Waals surface area contributed by atoms with Gasteiger partial charge in [0.2, 0.25) is 4.80 Å². The molecule has 3 nitrogen and oxygen atoms in total. The van der Waals surface area contributed by atoms with Crippen LogP contribution < -0.4 is 4.80 Å². The van der Waals surface area contributed by atoms with Crippen LogP contribution >= 0.6 is 46.1 Å². The monoisotopic (exact) mass is 395 g/mol. The molecule has 0 aliphatic heterocycles. The minimum Gasteiger partial charge on any atom is -0.261 e. The molecule has 7 heteroatoms. The first-order valence-electron chi connectivity index (χ1n) is 6.97. The van der Waals surface area contributed by atoms with Crippen molar-refractivity contribution in [3.8, 4) is 11.3 Å². The second-order valence-electron chi connectivity index (χ2n) is 4.86. The Kier molecular flexibility index (Phi) is 5.41. The Bertz CT molecular complexity index is 956. The smallest absolute Gasteiger partial charge is 0.205 e. The molecule has 0 saturated carbocycles. The van der Waals surface area contributed by atoms with Gasteiger partial charge in [-0.05, 0) is 35.9 Å². The molecular formula is C17H12Cl3N3S. The van der Waals surface area contributed by atoms with Crippen LogP contribution in [0.5, 0.6) is 0 Å². The molecule has 0 radical (unpaired) electrons. The van der Waals surface area contributed by atoms with Crippen LogP contribution in [0.3, 0.4) is 0 Å². The molecule has 0 aliphatic carbocycles. The Labute approximate surface area is 158 Å². The molecule has 0 bridgehead atoms. The number of hydrogen-bond acceptors (Lipinski definition) is 3. The number of benzene rings is 2. The highest BCUT2D eigenvalue weighted by Gasteiger charge is 2.11. The van der Waals surface area contributed by atoms with Gasteiger partial charge in [-0.2, -0.15) is 5.10 Å². The lowest BCUT2D eigenvalue weighted by atomic mass is 10.2. The van der Waals surface area contributed by atoms with Crippen molar-refractivity contribution in [2.45, 2.75) is 0 Å². The van der Waals surface area contributed by atoms with E-state index in [2.05, 4.69) is 10.1 Å². The molecule has 122 valence electrons. The zero-order valence-electron chi connectivity index (χ0n) is 12.6. The maximum absolute atomic E-state index is 6.33. The van der Waals surface area contributed by atoms with E-state index in [0.29, 0.717) is 15.1 Å². The maximum atomic E-state index is 6.33. The van der Waals surface area contributed by atoms with Crippen LogP contribution in [0.1, 0.15) is 5.56 Å². The van der Waals surface area contributed by atoms with E-state index in [1.807, 2.05) is 35.7 Å². The summed E-state index contributed by atoms with van der Waals surface area (Å²) in [6.07, 6.45) is 1.76. The summed E-state index contributed by atoms with van der Waals surface area (Å²) in [5.74, 6) is 0. The fourth-order valence-electron chi connectivity index (χ4n) is 2.12. The Morgan fingerprint density at radius 2 is 1.71 bits per heavy atom. The summed E-state index contributed by atoms with van der Waals surface area (Å²) in [4.78, 5) is 5.03. The van der Waals surface area contributed by atoms with Crippen molar-refractivity contribution in [2.24, 2.45) is 10.1 Å². The molecule has 24 heavy (non-hydrogen) atoms. The van der Waals surface area contributed by atoms with Gasteiger partial charge in [0.25, 0.3) is 0 Å². The molecular weight excluding hydrogens is 385 g/mol. The van der Waals surface area contributed by atoms with E-state index in [4.69, 9.17) is 34.8 Å². The molecule has 0 N–H and O–H groups in total. The van der Waals surface area contributed by atoms with Crippen LogP contribution in [0.4, 0.5) is 0 Å². The molecule has 0 spiro atoms. The van der Waals surface area contributed by atoms with Crippen molar-refractivity contribution in [1.82, 2.24) is 4.68 Å². The van der Waals surface area contributed by atoms with Crippen molar-refractivity contribution in [3.63, 3.8) is 0 Å². The second-order valence-corrected chi connectivity index (χ2v) is 6.98. The number of hydrogen-bond donors (Lipinski definition) is 0. The summed E-state index contributed by atoms with van der Waals surface area (Å²) < 4.78 is 1.76. The third kappa shape index (κ3) is 3.73. The van der Waals surface area contributed by atoms with Gasteiger partial charge >= 0.3 is 0 Å². The highest BCUT2D eigenvalue weighted by atomic mass is 35.5. The quantitative estimate of drug-likeness (QED) is 0.517. The molecule has 0 aliphatic rings. The normalized spacial score (nSPS) is 12.2. The number of thiazole rings is 1. The molecule has 0 unspecified atom stereocenters. The fourth-order valence-corrected chi connectivity index (χ4v) is 3.54. The predicted molar refractivity (Wildman–Crippen MR) is 104 cm³/mol. The first-order valence-corrected chi connectivity index (χ1v) is 8.98. The predicted octanol–water partition coefficient (Wildman–Crippen LogP) is 5.59. The van der Waals surface area contributed by atoms with Crippen molar-refractivity contribution >= 4 is 52.4 Å². The Hall–Kier alpha value is -1.59. The lowest BCUT2D eigenvalue weighted by Crippen LogP contribution is -2.11. The number of halogens is 3. The highest BCUT2D eigenvalue weighted by molar-refractivity contribution is 7.07. The van der Waals surface area contributed by atoms with Gasteiger partial charge in [-0.25, -0.2) is 4.68 Å². The molecule has 1 heterocycles. The minimum atomic E-state index is 0.568. The fraction of sp³-hybridized carbons (Fsp3) is 0.0588. The molecule has 2 aromatic carbocycles. The van der Waals surface area contributed by atoms with Gasteiger partial charge in [-0.15, -0.1) is 11.3 Å². The Morgan fingerprint density at radius 3 is 2.38 bits per heavy atom. The van der Waals surface area contributed by atoms with Gasteiger partial charge in [0.1, 0.15) is 0 Å². The molecule has 0 amide bonds. The minimum absolute atomic E-state index is 0.568. The van der Waals surface area contributed by atoms with Crippen LogP contribution in [0.25, 0.3) is 11.3 Å². The molecule has 3 aromatic rings. The van der Waals surface area contributed by atoms with Gasteiger partial charge in [-0.1, -0.05) is 46.9 Å². The standard InChI is InChI=1S/C17H12Cl3N3S/c1-21-17-23(22-9-11-2-4-12(18)5-3-11)16(10-24-17)14-7-6-13(19)8-15(14)20/h2-10H,1H3. The molecule has 0 saturated heterocycles. The van der Waals surface area contributed by atoms with Crippen LogP contribution in [0.2, 0.25) is 15.1 Å². The second kappa shape index (κ2) is 7.53. The molecule has 3 rings (SSSR count). The third-order valence-electron chi connectivity index (χ3n) is 3.28. The number of aromatic nitrogens is 1. The van der Waals surface area contributed by atoms with Gasteiger partial charge < -0.3 is 0 Å². The van der Waals surface area contributed by atoms with Crippen LogP contribution in [0.15, 0.2) is 57.9 Å². The molecule has 0 atom stereocenters. The topological polar surface area (TPSA) is 29.6 Å². The van der Waals surface area contributed by atoms with E-state index in [9.17, 15) is 0 Å². The van der Waals surface area contributed by atoms with Crippen molar-refractivity contribution in [1.29, 1.82) is 0 Å². The van der Waals surface area contributed by atoms with E-state index in [1.165, 1.54) is 11.3 Å². The van der Waals surface area contributed by atoms with Crippen LogP contribution in [-0.2, 0) is 0 Å². The van der Waals surface area contributed by atoms with Crippen molar-refractivity contribution < 1.29 is 0 Å². The summed E-state index contributed by atoms with van der Waals surface area (Å²) in [5.41, 5.74) is 2.64. The van der Waals surface area contributed by atoms with Gasteiger partial charge in [0.05, 0.1) is 16.9 Å². The largest absolute Gasteiger partial charge is 0.261 e. The number of nitrogens with zero attached hydrogens (tertiary/aromatic N) is 3. The van der Waals surface area contributed by atoms with E-state index < -0.39 is 0 Å². The Balaban J connectivity index is 2.07. The average Bonchev–Trinajstić information content (AvgIpc) is 2.97. The summed E-state index contributed by atoms with van der Waals surface area (Å²) in [6, 6.07) is 12.8. The van der Waals surface area contributed by atoms with Gasteiger partial charge in [0.15, 0.2) is 0 Å². The summed E-state index contributed by atoms with van der Waals surface area (Å²) in [5, 5.41) is 8.37. The van der Waals surface area contributed by atoms with E-state index >= 15 is 0 Å². The van der Waals surface area contributed by atoms with Crippen molar-refractivity contribution in [2.75, 3.05) is 7.05 Å². The Morgan fingerprint density at radius 1 is 1.00 bits per heavy atom. The summed E-state index contributed by atoms with van der Waals surface area (Å²) in [6.45, 7) is 0. The summed E-state index contributed by atoms with van der Waals surface area (Å²) in [7, 11) is 1.73. The number of rotatable bonds is 3. The van der Waals surface area contributed by atoms with Gasteiger partial charge in [-0.3, -0.25) is 4.99 Å². The summed E-state index contributed by atoms with van der Waals surface area (Å²) >= 11 is 19.7. The van der Waals surface area contributed by atoms with Gasteiger partial charge in [0, 0.05) is 28.0 Å². The zero-order chi connectivity index (χ0) is 17.1. The maximum Gasteiger partial charge on any atom is 0.205 e. The molecule has 0 fully saturated rings. The zero-order valence-corrected chi connectivity index (χ0v) is 15.7. The van der Waals surface area contributed by atoms with Crippen molar-refractivity contribution in [3.05, 3.63) is 73.3 Å². The first-order chi connectivity index (χ1) is 11.6. The van der Waals surface area contributed by atoms with E-state index in [-0.39, 0.29) is 0 Å². The molecule has 1 aromatic heterocycles. The van der Waals surface area contributed by atoms with E-state index in [1.54, 1.807) is 30.1 Å². The third-order valence-corrected chi connectivity index (χ3v) is 4.98. The average molecular weight is 397 g/mol. The lowest BCUT2D eigenvalue weighted by Gasteiger charge is -2.06. The lowest BCUT2D eigenvalue weighted by molar-refractivity contribution is 0.848. The first kappa shape index (κ1) is 17.2. The van der Waals surface area contributed by atoms with Crippen LogP contribution in [-0.4, -0.2) is 17.9 Å². The SMILES string of the molecule is CN=c1scc(-c2ccc(Cl)cc2Cl)n1N=Cc1ccc(Cl)cc1. The van der Waals surface area contributed by atoms with Crippen LogP contribution in [0, 0.1) is 0 Å².